The number of hydrogen-bond acceptors (Lipinski definition) is 5. The van der Waals surface area contributed by atoms with Crippen LogP contribution in [-0.4, -0.2) is 52.2 Å². The molecule has 0 atom stereocenters. The number of nitrogens with two attached hydrogens (primary N) is 1. The second-order valence-electron chi connectivity index (χ2n) is 4.63. The highest BCUT2D eigenvalue weighted by atomic mass is 32.2. The first-order valence-electron chi connectivity index (χ1n) is 6.63. The highest BCUT2D eigenvalue weighted by molar-refractivity contribution is 7.89. The Kier molecular flexibility index (Phi) is 4.63. The van der Waals surface area contributed by atoms with E-state index in [4.69, 9.17) is 9.88 Å². The molecule has 1 aromatic rings. The number of hydrogen-bond donors (Lipinski definition) is 1. The van der Waals surface area contributed by atoms with E-state index in [-0.39, 0.29) is 11.0 Å². The molecular formula is C12H19N4O4S+. The van der Waals surface area contributed by atoms with Crippen LogP contribution < -0.4 is 15.0 Å². The molecule has 0 radical (unpaired) electrons. The summed E-state index contributed by atoms with van der Waals surface area (Å²) < 4.78 is 27.3. The fourth-order valence-corrected chi connectivity index (χ4v) is 2.60. The molecule has 21 heavy (non-hydrogen) atoms. The molecule has 1 aliphatic rings. The molecule has 0 aromatic carbocycles. The largest absolute Gasteiger partial charge is 0.450 e. The van der Waals surface area contributed by atoms with Crippen molar-refractivity contribution in [2.75, 3.05) is 37.7 Å². The number of nitrogens with zero attached hydrogens (tertiary/aromatic N) is 2. The Labute approximate surface area is 123 Å². The second kappa shape index (κ2) is 6.27. The minimum atomic E-state index is -3.70. The van der Waals surface area contributed by atoms with Crippen LogP contribution in [-0.2, 0) is 14.8 Å². The van der Waals surface area contributed by atoms with Crippen molar-refractivity contribution in [3.8, 4) is 0 Å². The van der Waals surface area contributed by atoms with Gasteiger partial charge in [0.2, 0.25) is 10.0 Å². The maximum Gasteiger partial charge on any atom is 0.410 e. The number of amides is 1. The topological polar surface area (TPSA) is 107 Å². The lowest BCUT2D eigenvalue weighted by Gasteiger charge is -2.30. The van der Waals surface area contributed by atoms with Crippen molar-refractivity contribution in [3.63, 3.8) is 0 Å². The molecular weight excluding hydrogens is 296 g/mol. The summed E-state index contributed by atoms with van der Waals surface area (Å²) >= 11 is 0. The molecule has 1 aliphatic heterocycles. The molecule has 116 valence electrons. The number of carbonyl (C=O) groups excluding carboxylic acids is 1. The Morgan fingerprint density at radius 3 is 2.48 bits per heavy atom. The monoisotopic (exact) mass is 315 g/mol. The molecule has 1 amide bonds. The molecule has 3 N–H and O–H groups in total. The van der Waals surface area contributed by atoms with Gasteiger partial charge >= 0.3 is 6.09 Å². The number of aromatic nitrogens is 1. The molecule has 0 aliphatic carbocycles. The van der Waals surface area contributed by atoms with E-state index in [1.54, 1.807) is 17.9 Å². The van der Waals surface area contributed by atoms with E-state index in [1.807, 2.05) is 4.90 Å². The van der Waals surface area contributed by atoms with Crippen LogP contribution in [0.5, 0.6) is 0 Å². The number of pyridine rings is 1. The molecule has 0 spiro atoms. The summed E-state index contributed by atoms with van der Waals surface area (Å²) in [5.74, 6) is 0.783. The number of carbonyl (C=O) groups is 1. The van der Waals surface area contributed by atoms with Crippen LogP contribution in [0, 0.1) is 0 Å². The third kappa shape index (κ3) is 3.82. The third-order valence-electron chi connectivity index (χ3n) is 3.24. The molecule has 1 saturated heterocycles. The van der Waals surface area contributed by atoms with Gasteiger partial charge in [-0.25, -0.2) is 23.3 Å². The van der Waals surface area contributed by atoms with Crippen LogP contribution in [0.1, 0.15) is 6.92 Å². The molecule has 0 bridgehead atoms. The van der Waals surface area contributed by atoms with Crippen molar-refractivity contribution in [3.05, 3.63) is 18.3 Å². The summed E-state index contributed by atoms with van der Waals surface area (Å²) in [5.41, 5.74) is 0. The van der Waals surface area contributed by atoms with Gasteiger partial charge < -0.3 is 9.64 Å². The van der Waals surface area contributed by atoms with E-state index in [2.05, 4.69) is 4.98 Å². The zero-order valence-corrected chi connectivity index (χ0v) is 12.6. The SMILES string of the molecule is CCOC(=O)N1CCN(c2ccc(S(N)(=O)=O)c[nH+]2)CC1. The first kappa shape index (κ1) is 15.5. The van der Waals surface area contributed by atoms with Crippen LogP contribution in [0.25, 0.3) is 0 Å². The Bertz CT molecular complexity index is 594. The number of rotatable bonds is 3. The number of piperazine rings is 1. The Morgan fingerprint density at radius 1 is 1.33 bits per heavy atom. The van der Waals surface area contributed by atoms with Gasteiger partial charge in [0.1, 0.15) is 24.2 Å². The maximum atomic E-state index is 11.6. The molecule has 2 heterocycles. The fourth-order valence-electron chi connectivity index (χ4n) is 2.12. The van der Waals surface area contributed by atoms with Gasteiger partial charge in [-0.1, -0.05) is 0 Å². The highest BCUT2D eigenvalue weighted by Gasteiger charge is 2.27. The summed E-state index contributed by atoms with van der Waals surface area (Å²) in [6, 6.07) is 3.12. The number of aromatic amines is 1. The quantitative estimate of drug-likeness (QED) is 0.803. The van der Waals surface area contributed by atoms with Gasteiger partial charge in [-0.15, -0.1) is 0 Å². The fraction of sp³-hybridized carbons (Fsp3) is 0.500. The van der Waals surface area contributed by atoms with E-state index in [9.17, 15) is 13.2 Å². The van der Waals surface area contributed by atoms with Gasteiger partial charge in [-0.05, 0) is 13.0 Å². The molecule has 0 saturated carbocycles. The highest BCUT2D eigenvalue weighted by Crippen LogP contribution is 2.13. The number of ether oxygens (including phenoxy) is 1. The first-order valence-corrected chi connectivity index (χ1v) is 8.17. The number of anilines is 1. The summed E-state index contributed by atoms with van der Waals surface area (Å²) in [5, 5.41) is 5.05. The van der Waals surface area contributed by atoms with Gasteiger partial charge in [0.15, 0.2) is 0 Å². The predicted octanol–water partition coefficient (Wildman–Crippen LogP) is -0.573. The van der Waals surface area contributed by atoms with E-state index in [1.165, 1.54) is 12.3 Å². The summed E-state index contributed by atoms with van der Waals surface area (Å²) in [4.78, 5) is 18.2. The number of sulfonamides is 1. The molecule has 1 aromatic heterocycles. The zero-order chi connectivity index (χ0) is 15.5. The number of primary sulfonamides is 1. The lowest BCUT2D eigenvalue weighted by atomic mass is 10.3. The van der Waals surface area contributed by atoms with E-state index in [0.717, 1.165) is 5.82 Å². The summed E-state index contributed by atoms with van der Waals surface area (Å²) in [6.45, 7) is 4.54. The predicted molar refractivity (Wildman–Crippen MR) is 75.2 cm³/mol. The normalized spacial score (nSPS) is 15.9. The lowest BCUT2D eigenvalue weighted by Crippen LogP contribution is -2.50. The molecule has 8 nitrogen and oxygen atoms in total. The van der Waals surface area contributed by atoms with Crippen molar-refractivity contribution in [2.24, 2.45) is 5.14 Å². The van der Waals surface area contributed by atoms with Crippen LogP contribution in [0.4, 0.5) is 10.6 Å². The van der Waals surface area contributed by atoms with Gasteiger partial charge in [0.05, 0.1) is 19.7 Å². The van der Waals surface area contributed by atoms with Crippen LogP contribution >= 0.6 is 0 Å². The van der Waals surface area contributed by atoms with Gasteiger partial charge in [0, 0.05) is 6.07 Å². The third-order valence-corrected chi connectivity index (χ3v) is 4.15. The Balaban J connectivity index is 1.98. The number of H-pyrrole nitrogens is 1. The van der Waals surface area contributed by atoms with Gasteiger partial charge in [-0.2, -0.15) is 0 Å². The van der Waals surface area contributed by atoms with Crippen molar-refractivity contribution >= 4 is 21.9 Å². The average molecular weight is 315 g/mol. The lowest BCUT2D eigenvalue weighted by molar-refractivity contribution is -0.367. The van der Waals surface area contributed by atoms with Gasteiger partial charge in [-0.3, -0.25) is 4.90 Å². The van der Waals surface area contributed by atoms with Crippen molar-refractivity contribution < 1.29 is 22.9 Å². The zero-order valence-electron chi connectivity index (χ0n) is 11.8. The van der Waals surface area contributed by atoms with Crippen LogP contribution in [0.15, 0.2) is 23.2 Å². The van der Waals surface area contributed by atoms with Crippen molar-refractivity contribution in [2.45, 2.75) is 11.8 Å². The molecule has 2 rings (SSSR count). The standard InChI is InChI=1S/C12H18N4O4S/c1-2-20-12(17)16-7-5-15(6-8-16)11-4-3-10(9-14-11)21(13,18)19/h3-4,9H,2,5-8H2,1H3,(H2,13,18,19)/p+1. The minimum Gasteiger partial charge on any atom is -0.450 e. The molecule has 1 fully saturated rings. The first-order chi connectivity index (χ1) is 9.91. The average Bonchev–Trinajstić information content (AvgIpc) is 2.47. The van der Waals surface area contributed by atoms with E-state index >= 15 is 0 Å². The Hall–Kier alpha value is -1.87. The van der Waals surface area contributed by atoms with Crippen molar-refractivity contribution in [1.29, 1.82) is 0 Å². The van der Waals surface area contributed by atoms with Crippen LogP contribution in [0.2, 0.25) is 0 Å². The number of nitrogens with one attached hydrogen (secondary N) is 1. The smallest absolute Gasteiger partial charge is 0.410 e. The summed E-state index contributed by atoms with van der Waals surface area (Å²) in [6.07, 6.45) is 1.06. The minimum absolute atomic E-state index is 0.0383. The molecule has 9 heteroatoms. The van der Waals surface area contributed by atoms with E-state index < -0.39 is 10.0 Å². The maximum absolute atomic E-state index is 11.6. The summed E-state index contributed by atoms with van der Waals surface area (Å²) in [7, 11) is -3.70. The van der Waals surface area contributed by atoms with Gasteiger partial charge in [0.25, 0.3) is 5.82 Å². The molecule has 0 unspecified atom stereocenters. The van der Waals surface area contributed by atoms with Crippen LogP contribution in [0.3, 0.4) is 0 Å². The second-order valence-corrected chi connectivity index (χ2v) is 6.19. The van der Waals surface area contributed by atoms with E-state index in [0.29, 0.717) is 32.8 Å². The Morgan fingerprint density at radius 2 is 2.00 bits per heavy atom. The van der Waals surface area contributed by atoms with Crippen molar-refractivity contribution in [1.82, 2.24) is 4.90 Å².